The molecule has 16 heavy (non-hydrogen) atoms. The second kappa shape index (κ2) is 13.1. The SMILES string of the molecule is CCO[SiH](CCCCNCCCN)OCC. The molecule has 4 nitrogen and oxygen atoms in total. The fourth-order valence-corrected chi connectivity index (χ4v) is 3.29. The minimum Gasteiger partial charge on any atom is -0.397 e. The molecule has 0 fully saturated rings. The van der Waals surface area contributed by atoms with Gasteiger partial charge in [0.2, 0.25) is 0 Å². The van der Waals surface area contributed by atoms with Crippen LogP contribution < -0.4 is 11.1 Å². The Bertz CT molecular complexity index is 133. The highest BCUT2D eigenvalue weighted by atomic mass is 28.3. The first-order valence-electron chi connectivity index (χ1n) is 6.49. The number of nitrogens with two attached hydrogens (primary N) is 1. The van der Waals surface area contributed by atoms with Gasteiger partial charge in [-0.05, 0) is 52.4 Å². The summed E-state index contributed by atoms with van der Waals surface area (Å²) in [5, 5.41) is 3.38. The zero-order valence-corrected chi connectivity index (χ0v) is 12.0. The van der Waals surface area contributed by atoms with Gasteiger partial charge in [0.05, 0.1) is 0 Å². The topological polar surface area (TPSA) is 56.5 Å². The van der Waals surface area contributed by atoms with Crippen LogP contribution in [0.25, 0.3) is 0 Å². The lowest BCUT2D eigenvalue weighted by atomic mass is 10.3. The first-order valence-corrected chi connectivity index (χ1v) is 8.25. The van der Waals surface area contributed by atoms with E-state index in [-0.39, 0.29) is 0 Å². The molecule has 0 saturated carbocycles. The maximum absolute atomic E-state index is 5.61. The summed E-state index contributed by atoms with van der Waals surface area (Å²) in [6.07, 6.45) is 3.47. The van der Waals surface area contributed by atoms with Crippen molar-refractivity contribution < 1.29 is 8.85 Å². The van der Waals surface area contributed by atoms with E-state index in [2.05, 4.69) is 5.32 Å². The average molecular weight is 248 g/mol. The molecule has 0 aliphatic heterocycles. The average Bonchev–Trinajstić information content (AvgIpc) is 2.28. The second-order valence-corrected chi connectivity index (χ2v) is 5.83. The molecule has 0 atom stereocenters. The van der Waals surface area contributed by atoms with Gasteiger partial charge in [-0.1, -0.05) is 6.42 Å². The van der Waals surface area contributed by atoms with Gasteiger partial charge in [-0.25, -0.2) is 0 Å². The Morgan fingerprint density at radius 1 is 1.00 bits per heavy atom. The van der Waals surface area contributed by atoms with Crippen LogP contribution in [0.5, 0.6) is 0 Å². The molecule has 0 aliphatic rings. The third-order valence-electron chi connectivity index (χ3n) is 2.31. The molecule has 0 aromatic rings. The van der Waals surface area contributed by atoms with Crippen LogP contribution >= 0.6 is 0 Å². The second-order valence-electron chi connectivity index (χ2n) is 3.73. The summed E-state index contributed by atoms with van der Waals surface area (Å²) >= 11 is 0. The van der Waals surface area contributed by atoms with Crippen molar-refractivity contribution in [3.8, 4) is 0 Å². The molecular formula is C11H28N2O2Si. The van der Waals surface area contributed by atoms with Crippen molar-refractivity contribution in [3.63, 3.8) is 0 Å². The molecule has 0 spiro atoms. The van der Waals surface area contributed by atoms with E-state index in [0.29, 0.717) is 0 Å². The summed E-state index contributed by atoms with van der Waals surface area (Å²) < 4.78 is 11.2. The minimum atomic E-state index is -1.35. The molecule has 0 heterocycles. The zero-order chi connectivity index (χ0) is 12.1. The van der Waals surface area contributed by atoms with E-state index in [1.807, 2.05) is 13.8 Å². The summed E-state index contributed by atoms with van der Waals surface area (Å²) in [7, 11) is -1.35. The molecule has 5 heteroatoms. The van der Waals surface area contributed by atoms with Crippen molar-refractivity contribution in [2.75, 3.05) is 32.8 Å². The summed E-state index contributed by atoms with van der Waals surface area (Å²) in [5.41, 5.74) is 5.41. The fraction of sp³-hybridized carbons (Fsp3) is 1.00. The normalized spacial score (nSPS) is 11.2. The van der Waals surface area contributed by atoms with Gasteiger partial charge < -0.3 is 19.9 Å². The standard InChI is InChI=1S/C11H28N2O2Si/c1-3-14-16(15-4-2)11-6-5-9-13-10-7-8-12/h13,16H,3-12H2,1-2H3. The molecule has 0 amide bonds. The van der Waals surface area contributed by atoms with E-state index in [1.54, 1.807) is 0 Å². The third kappa shape index (κ3) is 10.6. The van der Waals surface area contributed by atoms with Crippen LogP contribution in [0.3, 0.4) is 0 Å². The lowest BCUT2D eigenvalue weighted by Crippen LogP contribution is -2.23. The lowest BCUT2D eigenvalue weighted by Gasteiger charge is -2.14. The van der Waals surface area contributed by atoms with Crippen LogP contribution in [0.15, 0.2) is 0 Å². The van der Waals surface area contributed by atoms with Crippen molar-refractivity contribution in [2.45, 2.75) is 39.2 Å². The number of unbranched alkanes of at least 4 members (excludes halogenated alkanes) is 1. The first-order chi connectivity index (χ1) is 7.85. The van der Waals surface area contributed by atoms with E-state index in [4.69, 9.17) is 14.6 Å². The fourth-order valence-electron chi connectivity index (χ4n) is 1.50. The molecular weight excluding hydrogens is 220 g/mol. The van der Waals surface area contributed by atoms with Crippen molar-refractivity contribution in [1.82, 2.24) is 5.32 Å². The van der Waals surface area contributed by atoms with Crippen molar-refractivity contribution in [1.29, 1.82) is 0 Å². The highest BCUT2D eigenvalue weighted by Gasteiger charge is 2.10. The highest BCUT2D eigenvalue weighted by Crippen LogP contribution is 2.04. The molecule has 0 aromatic carbocycles. The van der Waals surface area contributed by atoms with Crippen molar-refractivity contribution >= 4 is 9.28 Å². The van der Waals surface area contributed by atoms with Crippen molar-refractivity contribution in [3.05, 3.63) is 0 Å². The van der Waals surface area contributed by atoms with Crippen LogP contribution in [0.2, 0.25) is 6.04 Å². The number of hydrogen-bond donors (Lipinski definition) is 2. The van der Waals surface area contributed by atoms with Crippen LogP contribution in [-0.4, -0.2) is 42.1 Å². The molecule has 0 rings (SSSR count). The molecule has 0 aromatic heterocycles. The van der Waals surface area contributed by atoms with E-state index < -0.39 is 9.28 Å². The molecule has 98 valence electrons. The van der Waals surface area contributed by atoms with E-state index in [0.717, 1.165) is 45.3 Å². The smallest absolute Gasteiger partial charge is 0.321 e. The predicted molar refractivity (Wildman–Crippen MR) is 71.0 cm³/mol. The Morgan fingerprint density at radius 2 is 1.62 bits per heavy atom. The molecule has 0 aliphatic carbocycles. The third-order valence-corrected chi connectivity index (χ3v) is 4.60. The van der Waals surface area contributed by atoms with Crippen LogP contribution in [0.1, 0.15) is 33.1 Å². The van der Waals surface area contributed by atoms with E-state index >= 15 is 0 Å². The molecule has 3 N–H and O–H groups in total. The predicted octanol–water partition coefficient (Wildman–Crippen LogP) is 0.999. The van der Waals surface area contributed by atoms with Gasteiger partial charge in [0.1, 0.15) is 0 Å². The van der Waals surface area contributed by atoms with E-state index in [9.17, 15) is 0 Å². The lowest BCUT2D eigenvalue weighted by molar-refractivity contribution is 0.212. The van der Waals surface area contributed by atoms with Crippen LogP contribution in [0.4, 0.5) is 0 Å². The first kappa shape index (κ1) is 16.1. The zero-order valence-electron chi connectivity index (χ0n) is 10.8. The maximum Gasteiger partial charge on any atom is 0.321 e. The maximum atomic E-state index is 5.61. The molecule has 0 bridgehead atoms. The number of hydrogen-bond acceptors (Lipinski definition) is 4. The molecule has 0 unspecified atom stereocenters. The van der Waals surface area contributed by atoms with Crippen LogP contribution in [0, 0.1) is 0 Å². The summed E-state index contributed by atoms with van der Waals surface area (Å²) in [5.74, 6) is 0. The Balaban J connectivity index is 3.25. The van der Waals surface area contributed by atoms with Gasteiger partial charge in [0.15, 0.2) is 0 Å². The summed E-state index contributed by atoms with van der Waals surface area (Å²) in [6.45, 7) is 8.53. The van der Waals surface area contributed by atoms with Gasteiger partial charge in [0.25, 0.3) is 0 Å². The molecule has 0 saturated heterocycles. The van der Waals surface area contributed by atoms with Gasteiger partial charge in [0, 0.05) is 13.2 Å². The Hall–Kier alpha value is 0.0569. The summed E-state index contributed by atoms with van der Waals surface area (Å²) in [6, 6.07) is 1.13. The quantitative estimate of drug-likeness (QED) is 0.400. The Labute approximate surface area is 102 Å². The Morgan fingerprint density at radius 3 is 2.19 bits per heavy atom. The largest absolute Gasteiger partial charge is 0.397 e. The summed E-state index contributed by atoms with van der Waals surface area (Å²) in [4.78, 5) is 0. The number of nitrogens with one attached hydrogen (secondary N) is 1. The Kier molecular flexibility index (Phi) is 13.2. The monoisotopic (exact) mass is 248 g/mol. The van der Waals surface area contributed by atoms with Gasteiger partial charge in [-0.2, -0.15) is 0 Å². The molecule has 0 radical (unpaired) electrons. The number of rotatable bonds is 12. The van der Waals surface area contributed by atoms with Gasteiger partial charge in [-0.15, -0.1) is 0 Å². The highest BCUT2D eigenvalue weighted by molar-refractivity contribution is 6.44. The van der Waals surface area contributed by atoms with Gasteiger partial charge >= 0.3 is 9.28 Å². The minimum absolute atomic E-state index is 0.774. The van der Waals surface area contributed by atoms with Crippen LogP contribution in [-0.2, 0) is 8.85 Å². The van der Waals surface area contributed by atoms with Gasteiger partial charge in [-0.3, -0.25) is 0 Å². The van der Waals surface area contributed by atoms with E-state index in [1.165, 1.54) is 12.8 Å². The van der Waals surface area contributed by atoms with Crippen molar-refractivity contribution in [2.24, 2.45) is 5.73 Å².